The van der Waals surface area contributed by atoms with E-state index in [4.69, 9.17) is 9.47 Å². The van der Waals surface area contributed by atoms with E-state index in [0.29, 0.717) is 54.4 Å². The van der Waals surface area contributed by atoms with Gasteiger partial charge in [-0.3, -0.25) is 9.59 Å². The molecule has 0 atom stereocenters. The Bertz CT molecular complexity index is 1370. The summed E-state index contributed by atoms with van der Waals surface area (Å²) in [4.78, 5) is 27.9. The predicted molar refractivity (Wildman–Crippen MR) is 141 cm³/mol. The molecule has 6 heteroatoms. The van der Waals surface area contributed by atoms with E-state index in [2.05, 4.69) is 5.32 Å². The molecule has 36 heavy (non-hydrogen) atoms. The third kappa shape index (κ3) is 5.03. The standard InChI is InChI=1S/C30H28N2O4/c1-35-27-11-4-5-12-28(27)36-24-15-13-23(14-16-24)31-29(33)22-17-19-32(20-18-22)30(34)26-10-6-8-21-7-2-3-9-25(21)26/h2-16,22H,17-20H2,1H3,(H,31,33). The van der Waals surface area contributed by atoms with Crippen LogP contribution in [0.4, 0.5) is 5.69 Å². The Balaban J connectivity index is 1.16. The number of carbonyl (C=O) groups is 2. The first-order chi connectivity index (χ1) is 17.6. The number of para-hydroxylation sites is 2. The Morgan fingerprint density at radius 1 is 0.806 bits per heavy atom. The van der Waals surface area contributed by atoms with Gasteiger partial charge in [0.2, 0.25) is 5.91 Å². The number of benzene rings is 4. The average Bonchev–Trinajstić information content (AvgIpc) is 2.94. The van der Waals surface area contributed by atoms with Crippen molar-refractivity contribution in [2.24, 2.45) is 5.92 Å². The zero-order chi connectivity index (χ0) is 24.9. The van der Waals surface area contributed by atoms with E-state index in [1.165, 1.54) is 0 Å². The number of anilines is 1. The van der Waals surface area contributed by atoms with E-state index in [0.717, 1.165) is 10.8 Å². The summed E-state index contributed by atoms with van der Waals surface area (Å²) < 4.78 is 11.2. The summed E-state index contributed by atoms with van der Waals surface area (Å²) in [6.07, 6.45) is 1.27. The van der Waals surface area contributed by atoms with E-state index in [1.54, 1.807) is 7.11 Å². The molecular formula is C30H28N2O4. The fourth-order valence-electron chi connectivity index (χ4n) is 4.61. The zero-order valence-corrected chi connectivity index (χ0v) is 20.1. The summed E-state index contributed by atoms with van der Waals surface area (Å²) in [5.74, 6) is 1.80. The van der Waals surface area contributed by atoms with Crippen LogP contribution in [0.2, 0.25) is 0 Å². The van der Waals surface area contributed by atoms with Crippen molar-refractivity contribution in [1.29, 1.82) is 0 Å². The van der Waals surface area contributed by atoms with Crippen molar-refractivity contribution < 1.29 is 19.1 Å². The van der Waals surface area contributed by atoms with Gasteiger partial charge in [-0.25, -0.2) is 0 Å². The van der Waals surface area contributed by atoms with Gasteiger partial charge in [0.15, 0.2) is 11.5 Å². The maximum Gasteiger partial charge on any atom is 0.254 e. The second-order valence-corrected chi connectivity index (χ2v) is 8.86. The van der Waals surface area contributed by atoms with Gasteiger partial charge in [-0.15, -0.1) is 0 Å². The van der Waals surface area contributed by atoms with Gasteiger partial charge in [0, 0.05) is 30.3 Å². The van der Waals surface area contributed by atoms with Gasteiger partial charge >= 0.3 is 0 Å². The monoisotopic (exact) mass is 480 g/mol. The Hall–Kier alpha value is -4.32. The van der Waals surface area contributed by atoms with Crippen molar-refractivity contribution in [1.82, 2.24) is 4.90 Å². The van der Waals surface area contributed by atoms with Crippen LogP contribution in [-0.4, -0.2) is 36.9 Å². The van der Waals surface area contributed by atoms with Crippen LogP contribution in [0.25, 0.3) is 10.8 Å². The van der Waals surface area contributed by atoms with Gasteiger partial charge in [-0.1, -0.05) is 48.5 Å². The number of amides is 2. The Kier molecular flexibility index (Phi) is 6.85. The molecule has 1 aliphatic rings. The zero-order valence-electron chi connectivity index (χ0n) is 20.1. The molecule has 1 N–H and O–H groups in total. The van der Waals surface area contributed by atoms with Crippen LogP contribution in [0.5, 0.6) is 17.2 Å². The number of piperidine rings is 1. The van der Waals surface area contributed by atoms with Crippen LogP contribution in [-0.2, 0) is 4.79 Å². The van der Waals surface area contributed by atoms with Crippen LogP contribution in [0.15, 0.2) is 91.0 Å². The van der Waals surface area contributed by atoms with Crippen LogP contribution >= 0.6 is 0 Å². The lowest BCUT2D eigenvalue weighted by molar-refractivity contribution is -0.121. The lowest BCUT2D eigenvalue weighted by Gasteiger charge is -2.31. The first-order valence-corrected chi connectivity index (χ1v) is 12.1. The molecule has 2 amide bonds. The number of likely N-dealkylation sites (tertiary alicyclic amines) is 1. The number of hydrogen-bond donors (Lipinski definition) is 1. The number of methoxy groups -OCH3 is 1. The minimum Gasteiger partial charge on any atom is -0.493 e. The Morgan fingerprint density at radius 2 is 1.47 bits per heavy atom. The van der Waals surface area contributed by atoms with E-state index in [1.807, 2.05) is 95.9 Å². The second kappa shape index (κ2) is 10.5. The quantitative estimate of drug-likeness (QED) is 0.360. The molecule has 1 heterocycles. The first kappa shape index (κ1) is 23.4. The lowest BCUT2D eigenvalue weighted by Crippen LogP contribution is -2.41. The molecule has 4 aromatic carbocycles. The molecule has 0 bridgehead atoms. The highest BCUT2D eigenvalue weighted by molar-refractivity contribution is 6.07. The molecule has 1 aliphatic heterocycles. The largest absolute Gasteiger partial charge is 0.493 e. The van der Waals surface area contributed by atoms with E-state index in [-0.39, 0.29) is 17.7 Å². The third-order valence-electron chi connectivity index (χ3n) is 6.59. The van der Waals surface area contributed by atoms with Gasteiger partial charge in [-0.05, 0) is 66.1 Å². The fourth-order valence-corrected chi connectivity index (χ4v) is 4.61. The van der Waals surface area contributed by atoms with Gasteiger partial charge in [0.05, 0.1) is 7.11 Å². The maximum atomic E-state index is 13.2. The summed E-state index contributed by atoms with van der Waals surface area (Å²) in [6.45, 7) is 1.12. The highest BCUT2D eigenvalue weighted by atomic mass is 16.5. The van der Waals surface area contributed by atoms with Crippen LogP contribution in [0.3, 0.4) is 0 Å². The fraction of sp³-hybridized carbons (Fsp3) is 0.200. The Labute approximate surface area is 210 Å². The molecule has 0 radical (unpaired) electrons. The van der Waals surface area contributed by atoms with Crippen LogP contribution in [0, 0.1) is 5.92 Å². The smallest absolute Gasteiger partial charge is 0.254 e. The summed E-state index contributed by atoms with van der Waals surface area (Å²) in [5, 5.41) is 5.02. The molecule has 0 saturated carbocycles. The SMILES string of the molecule is COc1ccccc1Oc1ccc(NC(=O)C2CCN(C(=O)c3cccc4ccccc34)CC2)cc1. The van der Waals surface area contributed by atoms with Crippen molar-refractivity contribution >= 4 is 28.3 Å². The summed E-state index contributed by atoms with van der Waals surface area (Å²) in [6, 6.07) is 28.4. The van der Waals surface area contributed by atoms with Crippen molar-refractivity contribution in [3.8, 4) is 17.2 Å². The molecule has 5 rings (SSSR count). The number of nitrogens with one attached hydrogen (secondary N) is 1. The molecule has 182 valence electrons. The highest BCUT2D eigenvalue weighted by Crippen LogP contribution is 2.31. The van der Waals surface area contributed by atoms with E-state index in [9.17, 15) is 9.59 Å². The van der Waals surface area contributed by atoms with Crippen molar-refractivity contribution in [3.63, 3.8) is 0 Å². The molecule has 0 spiro atoms. The second-order valence-electron chi connectivity index (χ2n) is 8.86. The average molecular weight is 481 g/mol. The highest BCUT2D eigenvalue weighted by Gasteiger charge is 2.28. The maximum absolute atomic E-state index is 13.2. The minimum atomic E-state index is -0.133. The number of fused-ring (bicyclic) bond motifs is 1. The van der Waals surface area contributed by atoms with Gasteiger partial charge in [-0.2, -0.15) is 0 Å². The summed E-state index contributed by atoms with van der Waals surface area (Å²) in [7, 11) is 1.60. The molecular weight excluding hydrogens is 452 g/mol. The third-order valence-corrected chi connectivity index (χ3v) is 6.59. The van der Waals surface area contributed by atoms with Gasteiger partial charge < -0.3 is 19.7 Å². The van der Waals surface area contributed by atoms with E-state index >= 15 is 0 Å². The van der Waals surface area contributed by atoms with Gasteiger partial charge in [0.1, 0.15) is 5.75 Å². The number of hydrogen-bond acceptors (Lipinski definition) is 4. The molecule has 4 aromatic rings. The Morgan fingerprint density at radius 3 is 2.22 bits per heavy atom. The van der Waals surface area contributed by atoms with Crippen molar-refractivity contribution in [3.05, 3.63) is 96.6 Å². The van der Waals surface area contributed by atoms with Gasteiger partial charge in [0.25, 0.3) is 5.91 Å². The molecule has 1 saturated heterocycles. The minimum absolute atomic E-state index is 0.0225. The number of rotatable bonds is 6. The molecule has 0 unspecified atom stereocenters. The number of nitrogens with zero attached hydrogens (tertiary/aromatic N) is 1. The number of ether oxygens (including phenoxy) is 2. The number of carbonyl (C=O) groups excluding carboxylic acids is 2. The van der Waals surface area contributed by atoms with Crippen molar-refractivity contribution in [2.75, 3.05) is 25.5 Å². The van der Waals surface area contributed by atoms with Crippen molar-refractivity contribution in [2.45, 2.75) is 12.8 Å². The van der Waals surface area contributed by atoms with Crippen LogP contribution < -0.4 is 14.8 Å². The molecule has 0 aromatic heterocycles. The molecule has 1 fully saturated rings. The van der Waals surface area contributed by atoms with Crippen LogP contribution in [0.1, 0.15) is 23.2 Å². The first-order valence-electron chi connectivity index (χ1n) is 12.1. The van der Waals surface area contributed by atoms with E-state index < -0.39 is 0 Å². The normalized spacial score (nSPS) is 13.9. The topological polar surface area (TPSA) is 67.9 Å². The molecule has 0 aliphatic carbocycles. The summed E-state index contributed by atoms with van der Waals surface area (Å²) in [5.41, 5.74) is 1.42. The predicted octanol–water partition coefficient (Wildman–Crippen LogP) is 6.13. The lowest BCUT2D eigenvalue weighted by atomic mass is 9.94. The molecule has 6 nitrogen and oxygen atoms in total. The summed E-state index contributed by atoms with van der Waals surface area (Å²) >= 11 is 0.